The average Bonchev–Trinajstić information content (AvgIpc) is 4.36. The molecule has 5 aromatic rings. The van der Waals surface area contributed by atoms with E-state index in [1.165, 1.54) is 16.7 Å². The molecule has 9 rings (SSSR count). The molecule has 2 aliphatic heterocycles. The summed E-state index contributed by atoms with van der Waals surface area (Å²) >= 11 is 0. The molecule has 0 aromatic heterocycles. The van der Waals surface area contributed by atoms with Gasteiger partial charge in [-0.1, -0.05) is 36.4 Å². The Kier molecular flexibility index (Phi) is 16.9. The van der Waals surface area contributed by atoms with Gasteiger partial charge in [0.15, 0.2) is 0 Å². The molecule has 2 N–H and O–H groups in total. The van der Waals surface area contributed by atoms with Gasteiger partial charge in [0.25, 0.3) is 0 Å². The summed E-state index contributed by atoms with van der Waals surface area (Å²) in [7, 11) is 0. The minimum atomic E-state index is -0.848. The molecule has 0 radical (unpaired) electrons. The normalized spacial score (nSPS) is 22.4. The molecule has 5 aromatic carbocycles. The highest BCUT2D eigenvalue weighted by Gasteiger charge is 2.28. The predicted octanol–water partition coefficient (Wildman–Crippen LogP) is 9.20. The molecule has 13 heteroatoms. The Morgan fingerprint density at radius 3 is 1.19 bits per heavy atom. The number of hydrogen-bond donors (Lipinski definition) is 2. The summed E-state index contributed by atoms with van der Waals surface area (Å²) in [5.74, 6) is 3.37. The van der Waals surface area contributed by atoms with Crippen LogP contribution in [-0.4, -0.2) is 105 Å². The zero-order valence-corrected chi connectivity index (χ0v) is 39.6. The van der Waals surface area contributed by atoms with Gasteiger partial charge in [0.05, 0.1) is 30.4 Å². The molecule has 0 spiro atoms. The van der Waals surface area contributed by atoms with E-state index in [0.717, 1.165) is 77.4 Å². The lowest BCUT2D eigenvalue weighted by Crippen LogP contribution is -2.25. The molecule has 370 valence electrons. The van der Waals surface area contributed by atoms with E-state index in [1.54, 1.807) is 48.5 Å². The van der Waals surface area contributed by atoms with E-state index in [1.807, 2.05) is 48.5 Å². The van der Waals surface area contributed by atoms with E-state index >= 15 is 0 Å². The van der Waals surface area contributed by atoms with Crippen molar-refractivity contribution in [2.24, 2.45) is 0 Å². The Morgan fingerprint density at radius 1 is 0.457 bits per heavy atom. The third-order valence-electron chi connectivity index (χ3n) is 13.5. The van der Waals surface area contributed by atoms with Gasteiger partial charge in [0, 0.05) is 0 Å². The van der Waals surface area contributed by atoms with E-state index in [4.69, 9.17) is 42.6 Å². The summed E-state index contributed by atoms with van der Waals surface area (Å²) < 4.78 is 51.1. The minimum absolute atomic E-state index is 0.0465. The number of carbonyl (C=O) groups is 2. The van der Waals surface area contributed by atoms with Crippen LogP contribution in [0.25, 0.3) is 0 Å². The van der Waals surface area contributed by atoms with Gasteiger partial charge in [-0.15, -0.1) is 0 Å². The zero-order chi connectivity index (χ0) is 48.1. The number of benzene rings is 5. The Hall–Kier alpha value is -6.12. The van der Waals surface area contributed by atoms with E-state index in [-0.39, 0.29) is 56.7 Å². The number of carbonyl (C=O) groups excluding carboxylic acids is 2. The second-order valence-electron chi connectivity index (χ2n) is 18.9. The van der Waals surface area contributed by atoms with Crippen molar-refractivity contribution in [3.05, 3.63) is 149 Å². The lowest BCUT2D eigenvalue weighted by atomic mass is 9.83. The van der Waals surface area contributed by atoms with Gasteiger partial charge in [-0.05, 0) is 178 Å². The largest absolute Gasteiger partial charge is 0.491 e. The first-order valence-electron chi connectivity index (χ1n) is 24.9. The van der Waals surface area contributed by atoms with Crippen molar-refractivity contribution in [1.82, 2.24) is 0 Å². The standard InChI is InChI=1S/C57H64O13/c58-45(31-62-47-17-6-39(7-18-47)41-10-23-52(24-11-41)69-56(60)43-4-1-38(2-5-43)3-16-54-35-67-54)33-64-50-27-29-51(30-28-50)65-34-46(59)32-63-48-19-8-40(9-20-48)42-12-25-53(26-13-42)70-57(61)44-14-21-49(22-15-44)66-36-55-37-68-55/h1-2,4-9,14-15,17-22,27-30,41-42,45-46,52-55,58-59H,3,10-13,16,23-26,31-37H2. The summed E-state index contributed by atoms with van der Waals surface area (Å²) in [5.41, 5.74) is 4.76. The van der Waals surface area contributed by atoms with Gasteiger partial charge < -0.3 is 52.8 Å². The highest BCUT2D eigenvalue weighted by Crippen LogP contribution is 2.37. The van der Waals surface area contributed by atoms with Crippen molar-refractivity contribution in [1.29, 1.82) is 0 Å². The van der Waals surface area contributed by atoms with Gasteiger partial charge in [0.2, 0.25) is 0 Å². The fraction of sp³-hybridized carbons (Fsp3) is 0.439. The summed E-state index contributed by atoms with van der Waals surface area (Å²) in [4.78, 5) is 25.6. The van der Waals surface area contributed by atoms with Crippen molar-refractivity contribution < 1.29 is 62.4 Å². The average molecular weight is 957 g/mol. The van der Waals surface area contributed by atoms with Crippen LogP contribution in [-0.2, 0) is 25.4 Å². The number of rotatable bonds is 24. The number of aliphatic hydroxyl groups excluding tert-OH is 2. The molecule has 2 saturated carbocycles. The van der Waals surface area contributed by atoms with E-state index < -0.39 is 12.2 Å². The van der Waals surface area contributed by atoms with Crippen molar-refractivity contribution in [3.8, 4) is 28.7 Å². The monoisotopic (exact) mass is 956 g/mol. The van der Waals surface area contributed by atoms with E-state index in [2.05, 4.69) is 24.3 Å². The summed E-state index contributed by atoms with van der Waals surface area (Å²) in [6.45, 7) is 2.36. The van der Waals surface area contributed by atoms with Crippen LogP contribution in [0.1, 0.15) is 107 Å². The summed E-state index contributed by atoms with van der Waals surface area (Å²) in [5, 5.41) is 21.1. The first-order valence-corrected chi connectivity index (χ1v) is 24.9. The summed E-state index contributed by atoms with van der Waals surface area (Å²) in [6.07, 6.45) is 7.66. The van der Waals surface area contributed by atoms with Gasteiger partial charge in [-0.2, -0.15) is 0 Å². The Balaban J connectivity index is 0.604. The smallest absolute Gasteiger partial charge is 0.338 e. The van der Waals surface area contributed by atoms with Crippen molar-refractivity contribution >= 4 is 11.9 Å². The van der Waals surface area contributed by atoms with Crippen LogP contribution in [0.2, 0.25) is 0 Å². The minimum Gasteiger partial charge on any atom is -0.491 e. The lowest BCUT2D eigenvalue weighted by molar-refractivity contribution is 0.0186. The number of esters is 2. The number of epoxide rings is 2. The van der Waals surface area contributed by atoms with Crippen LogP contribution in [0.3, 0.4) is 0 Å². The topological polar surface area (TPSA) is 164 Å². The van der Waals surface area contributed by atoms with Crippen molar-refractivity contribution in [2.45, 2.75) is 113 Å². The SMILES string of the molecule is O=C(OC1CCC(c2ccc(OCC(O)COc3ccc(OCC(O)COc4ccc(C5CCC(OC(=O)c6ccc(OCC7CO7)cc6)CC5)cc4)cc3)cc2)CC1)c1ccc(CCC2CO2)cc1. The summed E-state index contributed by atoms with van der Waals surface area (Å²) in [6, 6.07) is 37.7. The molecule has 0 amide bonds. The number of ether oxygens (including phenoxy) is 9. The highest BCUT2D eigenvalue weighted by atomic mass is 16.6. The van der Waals surface area contributed by atoms with Gasteiger partial charge in [-0.3, -0.25) is 0 Å². The lowest BCUT2D eigenvalue weighted by Gasteiger charge is -2.28. The number of hydrogen-bond acceptors (Lipinski definition) is 13. The molecule has 70 heavy (non-hydrogen) atoms. The fourth-order valence-electron chi connectivity index (χ4n) is 9.05. The molecule has 4 fully saturated rings. The number of aliphatic hydroxyl groups is 2. The van der Waals surface area contributed by atoms with Crippen LogP contribution in [0.5, 0.6) is 28.7 Å². The maximum Gasteiger partial charge on any atom is 0.338 e. The Bertz CT molecular complexity index is 2210. The molecular weight excluding hydrogens is 893 g/mol. The Morgan fingerprint density at radius 2 is 0.800 bits per heavy atom. The van der Waals surface area contributed by atoms with Gasteiger partial charge >= 0.3 is 11.9 Å². The second kappa shape index (κ2) is 24.1. The third-order valence-corrected chi connectivity index (χ3v) is 13.5. The molecular formula is C57H64O13. The fourth-order valence-corrected chi connectivity index (χ4v) is 9.05. The Labute approximate surface area is 409 Å². The molecule has 4 atom stereocenters. The molecule has 2 saturated heterocycles. The van der Waals surface area contributed by atoms with Gasteiger partial charge in [0.1, 0.15) is 92.3 Å². The van der Waals surface area contributed by atoms with Gasteiger partial charge in [-0.25, -0.2) is 9.59 Å². The quantitative estimate of drug-likeness (QED) is 0.0445. The van der Waals surface area contributed by atoms with Crippen molar-refractivity contribution in [2.75, 3.05) is 46.2 Å². The molecule has 0 bridgehead atoms. The molecule has 4 unspecified atom stereocenters. The van der Waals surface area contributed by atoms with E-state index in [0.29, 0.717) is 64.4 Å². The zero-order valence-electron chi connectivity index (χ0n) is 39.6. The van der Waals surface area contributed by atoms with Crippen LogP contribution in [0.4, 0.5) is 0 Å². The molecule has 2 heterocycles. The number of aryl methyl sites for hydroxylation is 1. The van der Waals surface area contributed by atoms with Crippen LogP contribution in [0.15, 0.2) is 121 Å². The molecule has 2 aliphatic carbocycles. The first kappa shape index (κ1) is 48.9. The van der Waals surface area contributed by atoms with Crippen LogP contribution in [0, 0.1) is 0 Å². The predicted molar refractivity (Wildman–Crippen MR) is 260 cm³/mol. The highest BCUT2D eigenvalue weighted by molar-refractivity contribution is 5.90. The third kappa shape index (κ3) is 14.9. The maximum atomic E-state index is 12.8. The van der Waals surface area contributed by atoms with Crippen LogP contribution >= 0.6 is 0 Å². The van der Waals surface area contributed by atoms with Crippen LogP contribution < -0.4 is 23.7 Å². The maximum absolute atomic E-state index is 12.8. The molecule has 13 nitrogen and oxygen atoms in total. The molecule has 4 aliphatic rings. The van der Waals surface area contributed by atoms with Crippen molar-refractivity contribution in [3.63, 3.8) is 0 Å². The van der Waals surface area contributed by atoms with E-state index in [9.17, 15) is 19.8 Å². The first-order chi connectivity index (χ1) is 34.2. The second-order valence-corrected chi connectivity index (χ2v) is 18.9.